The molecule has 3 aromatic rings. The van der Waals surface area contributed by atoms with Crippen LogP contribution in [0.1, 0.15) is 11.1 Å². The van der Waals surface area contributed by atoms with Crippen LogP contribution in [0, 0.1) is 13.8 Å². The van der Waals surface area contributed by atoms with E-state index in [2.05, 4.69) is 20.9 Å². The first kappa shape index (κ1) is 13.0. The summed E-state index contributed by atoms with van der Waals surface area (Å²) in [4.78, 5) is 4.44. The summed E-state index contributed by atoms with van der Waals surface area (Å²) in [5.74, 6) is 0.430. The number of oxazole rings is 1. The molecule has 1 aromatic heterocycles. The van der Waals surface area contributed by atoms with Crippen molar-refractivity contribution in [3.05, 3.63) is 39.9 Å². The average molecular weight is 333 g/mol. The molecule has 1 heterocycles. The summed E-state index contributed by atoms with van der Waals surface area (Å²) in [6.45, 7) is 3.98. The van der Waals surface area contributed by atoms with Crippen LogP contribution in [-0.4, -0.2) is 10.1 Å². The number of hydrogen-bond donors (Lipinski definition) is 2. The molecule has 4 nitrogen and oxygen atoms in total. The van der Waals surface area contributed by atoms with Gasteiger partial charge in [-0.2, -0.15) is 0 Å². The standard InChI is InChI=1S/C15H13BrN2O2/c1-7-3-8(2)14-12(4-7)18-15(20-14)10-5-9(17)6-11(16)13(10)19/h3-6,19H,17H2,1-2H3. The van der Waals surface area contributed by atoms with E-state index in [9.17, 15) is 5.11 Å². The van der Waals surface area contributed by atoms with Crippen molar-refractivity contribution in [2.75, 3.05) is 5.73 Å². The SMILES string of the molecule is Cc1cc(C)c2oc(-c3cc(N)cc(Br)c3O)nc2c1. The number of fused-ring (bicyclic) bond motifs is 1. The van der Waals surface area contributed by atoms with Crippen LogP contribution in [0.4, 0.5) is 5.69 Å². The molecular formula is C15H13BrN2O2. The molecule has 20 heavy (non-hydrogen) atoms. The molecule has 3 rings (SSSR count). The van der Waals surface area contributed by atoms with Gasteiger partial charge in [0.25, 0.3) is 0 Å². The van der Waals surface area contributed by atoms with Crippen LogP contribution in [0.3, 0.4) is 0 Å². The minimum absolute atomic E-state index is 0.0696. The van der Waals surface area contributed by atoms with Crippen LogP contribution in [0.2, 0.25) is 0 Å². The van der Waals surface area contributed by atoms with Gasteiger partial charge >= 0.3 is 0 Å². The highest BCUT2D eigenvalue weighted by atomic mass is 79.9. The Morgan fingerprint density at radius 1 is 1.20 bits per heavy atom. The van der Waals surface area contributed by atoms with Gasteiger partial charge in [-0.1, -0.05) is 6.07 Å². The molecule has 0 aliphatic heterocycles. The van der Waals surface area contributed by atoms with Crippen LogP contribution in [0.5, 0.6) is 5.75 Å². The third-order valence-corrected chi connectivity index (χ3v) is 3.74. The Hall–Kier alpha value is -2.01. The summed E-state index contributed by atoms with van der Waals surface area (Å²) in [5.41, 5.74) is 10.4. The molecule has 0 amide bonds. The lowest BCUT2D eigenvalue weighted by Gasteiger charge is -2.04. The van der Waals surface area contributed by atoms with Gasteiger partial charge in [-0.25, -0.2) is 4.98 Å². The molecule has 0 spiro atoms. The van der Waals surface area contributed by atoms with Crippen LogP contribution in [0.25, 0.3) is 22.6 Å². The first-order chi connectivity index (χ1) is 9.45. The zero-order valence-corrected chi connectivity index (χ0v) is 12.7. The Kier molecular flexibility index (Phi) is 2.94. The Labute approximate surface area is 124 Å². The lowest BCUT2D eigenvalue weighted by molar-refractivity contribution is 0.471. The predicted molar refractivity (Wildman–Crippen MR) is 82.7 cm³/mol. The summed E-state index contributed by atoms with van der Waals surface area (Å²) in [6, 6.07) is 7.27. The van der Waals surface area contributed by atoms with Crippen molar-refractivity contribution in [1.82, 2.24) is 4.98 Å². The van der Waals surface area contributed by atoms with Crippen molar-refractivity contribution < 1.29 is 9.52 Å². The fourth-order valence-corrected chi connectivity index (χ4v) is 2.75. The van der Waals surface area contributed by atoms with E-state index in [1.54, 1.807) is 12.1 Å². The second kappa shape index (κ2) is 4.52. The third-order valence-electron chi connectivity index (χ3n) is 3.14. The summed E-state index contributed by atoms with van der Waals surface area (Å²) in [6.07, 6.45) is 0. The van der Waals surface area contributed by atoms with E-state index in [-0.39, 0.29) is 5.75 Å². The maximum atomic E-state index is 10.1. The van der Waals surface area contributed by atoms with Gasteiger partial charge in [-0.05, 0) is 59.1 Å². The van der Waals surface area contributed by atoms with Crippen LogP contribution in [-0.2, 0) is 0 Å². The largest absolute Gasteiger partial charge is 0.506 e. The van der Waals surface area contributed by atoms with Gasteiger partial charge in [0.15, 0.2) is 5.58 Å². The Balaban J connectivity index is 2.28. The number of nitrogens with zero attached hydrogens (tertiary/aromatic N) is 1. The molecular weight excluding hydrogens is 320 g/mol. The zero-order chi connectivity index (χ0) is 14.4. The van der Waals surface area contributed by atoms with Crippen LogP contribution in [0.15, 0.2) is 33.2 Å². The maximum absolute atomic E-state index is 10.1. The molecule has 102 valence electrons. The average Bonchev–Trinajstić information content (AvgIpc) is 2.77. The molecule has 0 aliphatic rings. The second-order valence-corrected chi connectivity index (χ2v) is 5.70. The maximum Gasteiger partial charge on any atom is 0.231 e. The Morgan fingerprint density at radius 2 is 1.95 bits per heavy atom. The quantitative estimate of drug-likeness (QED) is 0.518. The fraction of sp³-hybridized carbons (Fsp3) is 0.133. The van der Waals surface area contributed by atoms with E-state index in [1.165, 1.54) is 0 Å². The lowest BCUT2D eigenvalue weighted by Crippen LogP contribution is -1.88. The number of benzene rings is 2. The molecule has 3 N–H and O–H groups in total. The Morgan fingerprint density at radius 3 is 2.70 bits per heavy atom. The van der Waals surface area contributed by atoms with E-state index in [4.69, 9.17) is 10.2 Å². The van der Waals surface area contributed by atoms with Crippen molar-refractivity contribution in [3.63, 3.8) is 0 Å². The molecule has 0 saturated carbocycles. The Bertz CT molecular complexity index is 824. The summed E-state index contributed by atoms with van der Waals surface area (Å²) < 4.78 is 6.30. The number of phenols is 1. The number of rotatable bonds is 1. The topological polar surface area (TPSA) is 72.3 Å². The first-order valence-corrected chi connectivity index (χ1v) is 6.91. The highest BCUT2D eigenvalue weighted by Gasteiger charge is 2.16. The van der Waals surface area contributed by atoms with Crippen LogP contribution < -0.4 is 5.73 Å². The highest BCUT2D eigenvalue weighted by molar-refractivity contribution is 9.10. The number of aromatic nitrogens is 1. The monoisotopic (exact) mass is 332 g/mol. The molecule has 0 radical (unpaired) electrons. The number of halogens is 1. The summed E-state index contributed by atoms with van der Waals surface area (Å²) in [7, 11) is 0. The number of nitrogens with two attached hydrogens (primary N) is 1. The highest BCUT2D eigenvalue weighted by Crippen LogP contribution is 2.38. The van der Waals surface area contributed by atoms with E-state index >= 15 is 0 Å². The molecule has 0 aliphatic carbocycles. The van der Waals surface area contributed by atoms with Gasteiger partial charge in [-0.3, -0.25) is 0 Å². The number of aryl methyl sites for hydroxylation is 2. The molecule has 0 fully saturated rings. The molecule has 5 heteroatoms. The normalized spacial score (nSPS) is 11.2. The van der Waals surface area contributed by atoms with Crippen LogP contribution >= 0.6 is 15.9 Å². The fourth-order valence-electron chi connectivity index (χ4n) is 2.27. The van der Waals surface area contributed by atoms with Gasteiger partial charge in [-0.15, -0.1) is 0 Å². The van der Waals surface area contributed by atoms with E-state index in [0.29, 0.717) is 21.6 Å². The predicted octanol–water partition coefficient (Wildman–Crippen LogP) is 4.16. The molecule has 0 unspecified atom stereocenters. The smallest absolute Gasteiger partial charge is 0.231 e. The van der Waals surface area contributed by atoms with E-state index < -0.39 is 0 Å². The number of aromatic hydroxyl groups is 1. The van der Waals surface area contributed by atoms with E-state index in [0.717, 1.165) is 22.2 Å². The van der Waals surface area contributed by atoms with Crippen molar-refractivity contribution in [2.45, 2.75) is 13.8 Å². The van der Waals surface area contributed by atoms with Gasteiger partial charge in [0.05, 0.1) is 10.0 Å². The molecule has 0 atom stereocenters. The number of hydrogen-bond acceptors (Lipinski definition) is 4. The summed E-state index contributed by atoms with van der Waals surface area (Å²) >= 11 is 3.26. The molecule has 0 bridgehead atoms. The zero-order valence-electron chi connectivity index (χ0n) is 11.1. The van der Waals surface area contributed by atoms with Gasteiger partial charge in [0.1, 0.15) is 11.3 Å². The van der Waals surface area contributed by atoms with Gasteiger partial charge < -0.3 is 15.3 Å². The van der Waals surface area contributed by atoms with Crippen molar-refractivity contribution >= 4 is 32.7 Å². The summed E-state index contributed by atoms with van der Waals surface area (Å²) in [5, 5.41) is 10.1. The third kappa shape index (κ3) is 2.04. The minimum atomic E-state index is 0.0696. The number of nitrogen functional groups attached to an aromatic ring is 1. The number of phenolic OH excluding ortho intramolecular Hbond substituents is 1. The van der Waals surface area contributed by atoms with Crippen molar-refractivity contribution in [1.29, 1.82) is 0 Å². The van der Waals surface area contributed by atoms with Crippen molar-refractivity contribution in [2.24, 2.45) is 0 Å². The molecule has 0 saturated heterocycles. The van der Waals surface area contributed by atoms with Gasteiger partial charge in [0.2, 0.25) is 5.89 Å². The number of anilines is 1. The second-order valence-electron chi connectivity index (χ2n) is 4.85. The van der Waals surface area contributed by atoms with E-state index in [1.807, 2.05) is 26.0 Å². The minimum Gasteiger partial charge on any atom is -0.506 e. The first-order valence-electron chi connectivity index (χ1n) is 6.12. The van der Waals surface area contributed by atoms with Gasteiger partial charge in [0, 0.05) is 5.69 Å². The lowest BCUT2D eigenvalue weighted by atomic mass is 10.1. The van der Waals surface area contributed by atoms with Crippen molar-refractivity contribution in [3.8, 4) is 17.2 Å². The molecule has 2 aromatic carbocycles.